The Labute approximate surface area is 250 Å². The number of carbonyl (C=O) groups is 2. The summed E-state index contributed by atoms with van der Waals surface area (Å²) in [6.45, 7) is 3.15. The van der Waals surface area contributed by atoms with Gasteiger partial charge in [-0.1, -0.05) is 12.1 Å². The van der Waals surface area contributed by atoms with Gasteiger partial charge in [-0.05, 0) is 78.2 Å². The number of nitrogens with one attached hydrogen (secondary N) is 3. The monoisotopic (exact) mass is 584 g/mol. The summed E-state index contributed by atoms with van der Waals surface area (Å²) in [7, 11) is 6.60. The number of hydrogen-bond donors (Lipinski definition) is 3. The molecule has 2 atom stereocenters. The Morgan fingerprint density at radius 1 is 0.977 bits per heavy atom. The van der Waals surface area contributed by atoms with Crippen molar-refractivity contribution in [1.82, 2.24) is 9.88 Å². The van der Waals surface area contributed by atoms with Crippen LogP contribution in [0, 0.1) is 0 Å². The number of aromatic nitrogens is 1. The molecule has 1 aliphatic carbocycles. The molecule has 0 saturated heterocycles. The fourth-order valence-electron chi connectivity index (χ4n) is 5.72. The minimum atomic E-state index is -0.726. The fourth-order valence-corrected chi connectivity index (χ4v) is 5.72. The van der Waals surface area contributed by atoms with Crippen LogP contribution in [0.4, 0.5) is 11.4 Å². The summed E-state index contributed by atoms with van der Waals surface area (Å²) in [5, 5.41) is 10.1. The van der Waals surface area contributed by atoms with Crippen LogP contribution < -0.4 is 35.6 Å². The molecule has 0 fully saturated rings. The van der Waals surface area contributed by atoms with Gasteiger partial charge in [-0.15, -0.1) is 0 Å². The topological polar surface area (TPSA) is 120 Å². The van der Waals surface area contributed by atoms with Crippen LogP contribution in [-0.2, 0) is 23.1 Å². The van der Waals surface area contributed by atoms with Gasteiger partial charge < -0.3 is 34.7 Å². The lowest BCUT2D eigenvalue weighted by molar-refractivity contribution is -0.119. The van der Waals surface area contributed by atoms with Gasteiger partial charge in [0.1, 0.15) is 6.04 Å². The van der Waals surface area contributed by atoms with Gasteiger partial charge in [0.25, 0.3) is 0 Å². The van der Waals surface area contributed by atoms with Crippen molar-refractivity contribution in [2.24, 2.45) is 7.05 Å². The van der Waals surface area contributed by atoms with Crippen molar-refractivity contribution in [3.05, 3.63) is 76.1 Å². The molecule has 10 heteroatoms. The van der Waals surface area contributed by atoms with Gasteiger partial charge in [0.15, 0.2) is 11.5 Å². The fraction of sp³-hybridized carbons (Fsp3) is 0.303. The molecule has 0 aliphatic heterocycles. The highest BCUT2D eigenvalue weighted by Gasteiger charge is 2.29. The molecule has 3 aromatic carbocycles. The number of nitrogens with zero attached hydrogens (tertiary/aromatic N) is 1. The molecule has 4 aromatic rings. The molecular weight excluding hydrogens is 548 g/mol. The van der Waals surface area contributed by atoms with Crippen LogP contribution in [0.5, 0.6) is 17.2 Å². The summed E-state index contributed by atoms with van der Waals surface area (Å²) in [6.07, 6.45) is 3.11. The van der Waals surface area contributed by atoms with Gasteiger partial charge in [0.2, 0.25) is 23.0 Å². The second-order valence-corrected chi connectivity index (χ2v) is 10.7. The minimum absolute atomic E-state index is 0.208. The highest BCUT2D eigenvalue weighted by Crippen LogP contribution is 2.50. The van der Waals surface area contributed by atoms with E-state index in [-0.39, 0.29) is 22.9 Å². The molecule has 1 aromatic heterocycles. The number of benzene rings is 2. The molecule has 10 nitrogen and oxygen atoms in total. The van der Waals surface area contributed by atoms with Crippen molar-refractivity contribution in [3.63, 3.8) is 0 Å². The van der Waals surface area contributed by atoms with Gasteiger partial charge in [-0.2, -0.15) is 0 Å². The Morgan fingerprint density at radius 2 is 1.74 bits per heavy atom. The third kappa shape index (κ3) is 5.73. The second kappa shape index (κ2) is 12.1. The van der Waals surface area contributed by atoms with Crippen LogP contribution in [0.2, 0.25) is 0 Å². The average molecular weight is 585 g/mol. The number of ether oxygens (including phenoxy) is 3. The van der Waals surface area contributed by atoms with E-state index < -0.39 is 12.1 Å². The van der Waals surface area contributed by atoms with Crippen LogP contribution in [0.3, 0.4) is 0 Å². The molecule has 5 rings (SSSR count). The first-order valence-corrected chi connectivity index (χ1v) is 14.0. The van der Waals surface area contributed by atoms with E-state index in [0.717, 1.165) is 22.0 Å². The summed E-state index contributed by atoms with van der Waals surface area (Å²) in [4.78, 5) is 39.0. The number of aryl methyl sites for hydroxylation is 2. The Hall–Kier alpha value is -4.99. The third-order valence-corrected chi connectivity index (χ3v) is 7.84. The quantitative estimate of drug-likeness (QED) is 0.272. The number of methoxy groups -OCH3 is 3. The smallest absolute Gasteiger partial charge is 0.246 e. The van der Waals surface area contributed by atoms with E-state index in [1.807, 2.05) is 54.2 Å². The normalized spacial score (nSPS) is 14.5. The summed E-state index contributed by atoms with van der Waals surface area (Å²) < 4.78 is 19.1. The molecule has 1 aliphatic rings. The first-order chi connectivity index (χ1) is 20.6. The Balaban J connectivity index is 1.54. The van der Waals surface area contributed by atoms with Crippen LogP contribution in [-0.4, -0.2) is 43.8 Å². The zero-order chi connectivity index (χ0) is 30.8. The van der Waals surface area contributed by atoms with Crippen LogP contribution in [0.1, 0.15) is 37.4 Å². The maximum atomic E-state index is 13.6. The number of fused-ring (bicyclic) bond motifs is 4. The molecule has 0 unspecified atom stereocenters. The predicted molar refractivity (Wildman–Crippen MR) is 167 cm³/mol. The summed E-state index contributed by atoms with van der Waals surface area (Å²) in [5.74, 6) is 0.924. The summed E-state index contributed by atoms with van der Waals surface area (Å²) >= 11 is 0. The van der Waals surface area contributed by atoms with E-state index in [2.05, 4.69) is 16.0 Å². The van der Waals surface area contributed by atoms with E-state index >= 15 is 0 Å². The third-order valence-electron chi connectivity index (χ3n) is 7.84. The number of amides is 2. The number of hydrogen-bond acceptors (Lipinski definition) is 7. The van der Waals surface area contributed by atoms with Crippen molar-refractivity contribution < 1.29 is 23.8 Å². The highest BCUT2D eigenvalue weighted by molar-refractivity contribution is 5.98. The Kier molecular flexibility index (Phi) is 8.29. The van der Waals surface area contributed by atoms with E-state index in [4.69, 9.17) is 14.2 Å². The lowest BCUT2D eigenvalue weighted by atomic mass is 9.95. The van der Waals surface area contributed by atoms with E-state index in [0.29, 0.717) is 46.9 Å². The van der Waals surface area contributed by atoms with E-state index in [1.54, 1.807) is 27.2 Å². The maximum Gasteiger partial charge on any atom is 0.246 e. The SMILES string of the molecule is COc1cc2c(c(OC)c1OC)-c1ccc(N[C@@H](C)C(=O)Nc3ccc4ccn(C)c4c3)c(=O)cc1[C@@H](NC(C)=O)CC2. The molecular formula is C33H36N4O6. The number of rotatable bonds is 8. The van der Waals surface area contributed by atoms with Crippen LogP contribution >= 0.6 is 0 Å². The number of carbonyl (C=O) groups excluding carboxylic acids is 2. The summed E-state index contributed by atoms with van der Waals surface area (Å²) in [6, 6.07) is 13.5. The van der Waals surface area contributed by atoms with Crippen molar-refractivity contribution in [2.45, 2.75) is 38.8 Å². The molecule has 3 N–H and O–H groups in total. The van der Waals surface area contributed by atoms with Crippen LogP contribution in [0.15, 0.2) is 59.5 Å². The van der Waals surface area contributed by atoms with Crippen molar-refractivity contribution in [1.29, 1.82) is 0 Å². The molecule has 224 valence electrons. The summed E-state index contributed by atoms with van der Waals surface area (Å²) in [5.41, 5.74) is 4.63. The Morgan fingerprint density at radius 3 is 2.44 bits per heavy atom. The molecule has 1 heterocycles. The highest BCUT2D eigenvalue weighted by atomic mass is 16.5. The standard InChI is InChI=1S/C33H36N4O6/c1-18(33(40)36-22-9-7-20-13-14-37(3)27(20)16-22)34-26-12-10-23-24(17-28(26)39)25(35-19(2)38)11-8-21-15-29(41-4)31(42-5)32(43-6)30(21)23/h7,9-10,12-18,25H,8,11H2,1-6H3,(H,34,39)(H,35,38)(H,36,40)/t18-,25-/m0/s1. The first-order valence-electron chi connectivity index (χ1n) is 14.0. The molecule has 0 saturated carbocycles. The van der Waals surface area contributed by atoms with Crippen molar-refractivity contribution >= 4 is 34.1 Å². The van der Waals surface area contributed by atoms with Gasteiger partial charge in [-0.3, -0.25) is 14.4 Å². The lowest BCUT2D eigenvalue weighted by Gasteiger charge is -2.19. The largest absolute Gasteiger partial charge is 0.493 e. The molecule has 43 heavy (non-hydrogen) atoms. The van der Waals surface area contributed by atoms with E-state index in [9.17, 15) is 14.4 Å². The first kappa shape index (κ1) is 29.5. The predicted octanol–water partition coefficient (Wildman–Crippen LogP) is 4.79. The zero-order valence-electron chi connectivity index (χ0n) is 25.2. The van der Waals surface area contributed by atoms with Gasteiger partial charge in [-0.25, -0.2) is 0 Å². The average Bonchev–Trinajstić information content (AvgIpc) is 3.19. The number of anilines is 2. The second-order valence-electron chi connectivity index (χ2n) is 10.7. The van der Waals surface area contributed by atoms with Gasteiger partial charge in [0.05, 0.1) is 33.1 Å². The molecule has 0 bridgehead atoms. The zero-order valence-corrected chi connectivity index (χ0v) is 25.2. The van der Waals surface area contributed by atoms with Gasteiger partial charge >= 0.3 is 0 Å². The minimum Gasteiger partial charge on any atom is -0.493 e. The lowest BCUT2D eigenvalue weighted by Crippen LogP contribution is -2.33. The molecule has 0 spiro atoms. The maximum absolute atomic E-state index is 13.6. The van der Waals surface area contributed by atoms with Crippen molar-refractivity contribution in [3.8, 4) is 28.4 Å². The van der Waals surface area contributed by atoms with E-state index in [1.165, 1.54) is 20.1 Å². The van der Waals surface area contributed by atoms with Crippen molar-refractivity contribution in [2.75, 3.05) is 32.0 Å². The van der Waals surface area contributed by atoms with Gasteiger partial charge in [0, 0.05) is 36.9 Å². The Bertz CT molecular complexity index is 1780. The van der Waals surface area contributed by atoms with Crippen LogP contribution in [0.25, 0.3) is 22.0 Å². The molecule has 0 radical (unpaired) electrons. The molecule has 2 amide bonds.